The van der Waals surface area contributed by atoms with Gasteiger partial charge in [-0.1, -0.05) is 41.9 Å². The number of aromatic amines is 1. The number of Topliss-reactive ketones (excluding diaryl/α,β-unsaturated/α-hetero) is 1. The van der Waals surface area contributed by atoms with Crippen molar-refractivity contribution in [2.75, 3.05) is 13.7 Å². The number of alkyl halides is 1. The number of ether oxygens (including phenoxy) is 1. The number of esters is 1. The van der Waals surface area contributed by atoms with Crippen LogP contribution in [-0.2, 0) is 38.8 Å². The molecule has 0 spiro atoms. The highest BCUT2D eigenvalue weighted by Gasteiger charge is 2.57. The first-order valence-corrected chi connectivity index (χ1v) is 14.7. The Labute approximate surface area is 236 Å². The molecule has 40 heavy (non-hydrogen) atoms. The summed E-state index contributed by atoms with van der Waals surface area (Å²) in [6.07, 6.45) is 0.643. The summed E-state index contributed by atoms with van der Waals surface area (Å²) < 4.78 is 49.5. The van der Waals surface area contributed by atoms with Gasteiger partial charge in [-0.15, -0.1) is 0 Å². The van der Waals surface area contributed by atoms with Gasteiger partial charge >= 0.3 is 5.97 Å². The third-order valence-corrected chi connectivity index (χ3v) is 9.96. The number of halogens is 2. The molecule has 1 aliphatic rings. The molecule has 1 heterocycles. The first-order valence-electron chi connectivity index (χ1n) is 12.8. The number of carbonyl (C=O) groups is 2. The van der Waals surface area contributed by atoms with Gasteiger partial charge in [-0.2, -0.15) is 0 Å². The van der Waals surface area contributed by atoms with Crippen molar-refractivity contribution in [2.45, 2.75) is 35.7 Å². The number of fused-ring (bicyclic) bond motifs is 3. The van der Waals surface area contributed by atoms with Crippen molar-refractivity contribution in [1.82, 2.24) is 10.3 Å². The monoisotopic (exact) mass is 582 g/mol. The van der Waals surface area contributed by atoms with Crippen LogP contribution in [0.25, 0.3) is 10.9 Å². The van der Waals surface area contributed by atoms with Gasteiger partial charge in [-0.05, 0) is 72.9 Å². The zero-order valence-electron chi connectivity index (χ0n) is 21.7. The van der Waals surface area contributed by atoms with Crippen LogP contribution >= 0.6 is 11.6 Å². The third-order valence-electron chi connectivity index (χ3n) is 7.49. The molecule has 1 aromatic heterocycles. The molecule has 0 amide bonds. The average Bonchev–Trinajstić information content (AvgIpc) is 3.34. The number of methoxy groups -OCH3 is 1. The van der Waals surface area contributed by atoms with Crippen molar-refractivity contribution in [3.63, 3.8) is 0 Å². The fraction of sp³-hybridized carbons (Fsp3) is 0.267. The van der Waals surface area contributed by atoms with Gasteiger partial charge in [-0.25, -0.2) is 17.6 Å². The number of H-pyrrole nitrogens is 1. The molecule has 0 radical (unpaired) electrons. The standard InChI is InChI=1S/C30H28ClFN2O5S/c1-39-29(36)20-9-7-19(8-10-20)17-33-18-28(35)30(32,40(37,38)23-5-3-2-4-6-23)21-11-13-24-25-16-22(31)12-14-26(25)34-27(24)15-21/h2-10,12,14,16,21,33-34H,11,13,15,17-18H2,1H3. The number of benzene rings is 3. The van der Waals surface area contributed by atoms with Crippen LogP contribution in [0.15, 0.2) is 77.7 Å². The lowest BCUT2D eigenvalue weighted by Crippen LogP contribution is -2.53. The first kappa shape index (κ1) is 28.0. The van der Waals surface area contributed by atoms with Crippen LogP contribution < -0.4 is 5.32 Å². The molecular formula is C30H28ClFN2O5S. The number of carbonyl (C=O) groups excluding carboxylic acids is 2. The molecule has 0 aliphatic heterocycles. The minimum absolute atomic E-state index is 0.0604. The van der Waals surface area contributed by atoms with E-state index < -0.39 is 39.1 Å². The maximum Gasteiger partial charge on any atom is 0.337 e. The van der Waals surface area contributed by atoms with Crippen molar-refractivity contribution in [2.24, 2.45) is 5.92 Å². The first-order chi connectivity index (χ1) is 19.1. The van der Waals surface area contributed by atoms with Crippen LogP contribution in [0.3, 0.4) is 0 Å². The summed E-state index contributed by atoms with van der Waals surface area (Å²) in [6.45, 7) is -0.320. The summed E-state index contributed by atoms with van der Waals surface area (Å²) in [5.41, 5.74) is 3.61. The van der Waals surface area contributed by atoms with E-state index in [0.717, 1.165) is 22.0 Å². The number of hydrogen-bond donors (Lipinski definition) is 2. The maximum absolute atomic E-state index is 17.2. The van der Waals surface area contributed by atoms with E-state index in [1.807, 2.05) is 12.1 Å². The number of rotatable bonds is 9. The second-order valence-corrected chi connectivity index (χ2v) is 12.4. The highest BCUT2D eigenvalue weighted by molar-refractivity contribution is 7.93. The second kappa shape index (κ2) is 11.2. The summed E-state index contributed by atoms with van der Waals surface area (Å²) in [7, 11) is -3.41. The van der Waals surface area contributed by atoms with Crippen LogP contribution in [0.4, 0.5) is 4.39 Å². The van der Waals surface area contributed by atoms with E-state index in [-0.39, 0.29) is 24.3 Å². The molecule has 4 aromatic rings. The van der Waals surface area contributed by atoms with Gasteiger partial charge in [-0.3, -0.25) is 4.79 Å². The second-order valence-electron chi connectivity index (χ2n) is 9.89. The molecule has 1 aliphatic carbocycles. The van der Waals surface area contributed by atoms with Crippen molar-refractivity contribution in [3.8, 4) is 0 Å². The van der Waals surface area contributed by atoms with Gasteiger partial charge in [0.15, 0.2) is 5.78 Å². The van der Waals surface area contributed by atoms with Crippen molar-refractivity contribution < 1.29 is 27.1 Å². The Morgan fingerprint density at radius 3 is 2.52 bits per heavy atom. The van der Waals surface area contributed by atoms with Crippen molar-refractivity contribution in [3.05, 3.63) is 100 Å². The number of ketones is 1. The average molecular weight is 583 g/mol. The van der Waals surface area contributed by atoms with Crippen LogP contribution in [-0.4, -0.2) is 43.8 Å². The fourth-order valence-corrected chi connectivity index (χ4v) is 7.45. The minimum Gasteiger partial charge on any atom is -0.465 e. The third kappa shape index (κ3) is 5.05. The lowest BCUT2D eigenvalue weighted by atomic mass is 9.82. The molecular weight excluding hydrogens is 555 g/mol. The Bertz CT molecular complexity index is 1670. The highest BCUT2D eigenvalue weighted by Crippen LogP contribution is 2.43. The predicted molar refractivity (Wildman–Crippen MR) is 151 cm³/mol. The molecule has 10 heteroatoms. The van der Waals surface area contributed by atoms with Gasteiger partial charge in [0, 0.05) is 34.1 Å². The summed E-state index contributed by atoms with van der Waals surface area (Å²) in [4.78, 5) is 28.3. The summed E-state index contributed by atoms with van der Waals surface area (Å²) >= 11 is 6.18. The number of nitrogens with one attached hydrogen (secondary N) is 2. The van der Waals surface area contributed by atoms with Gasteiger partial charge in [0.05, 0.1) is 24.1 Å². The highest BCUT2D eigenvalue weighted by atomic mass is 35.5. The van der Waals surface area contributed by atoms with Gasteiger partial charge < -0.3 is 15.0 Å². The maximum atomic E-state index is 17.2. The van der Waals surface area contributed by atoms with Gasteiger partial charge in [0.2, 0.25) is 9.84 Å². The molecule has 0 fully saturated rings. The molecule has 2 unspecified atom stereocenters. The van der Waals surface area contributed by atoms with E-state index in [0.29, 0.717) is 22.7 Å². The summed E-state index contributed by atoms with van der Waals surface area (Å²) in [6, 6.07) is 19.2. The van der Waals surface area contributed by atoms with E-state index in [2.05, 4.69) is 10.3 Å². The SMILES string of the molecule is COC(=O)c1ccc(CNCC(=O)C(F)(C2CCc3c([nH]c4ccc(Cl)cc34)C2)S(=O)(=O)c2ccccc2)cc1. The fourth-order valence-electron chi connectivity index (χ4n) is 5.40. The molecule has 7 nitrogen and oxygen atoms in total. The Hall–Kier alpha value is -3.53. The molecule has 2 N–H and O–H groups in total. The van der Waals surface area contributed by atoms with Gasteiger partial charge in [0.25, 0.3) is 5.00 Å². The van der Waals surface area contributed by atoms with Crippen LogP contribution in [0.1, 0.15) is 33.6 Å². The Morgan fingerprint density at radius 2 is 1.82 bits per heavy atom. The van der Waals surface area contributed by atoms with E-state index in [9.17, 15) is 18.0 Å². The predicted octanol–water partition coefficient (Wildman–Crippen LogP) is 5.21. The molecule has 3 aromatic carbocycles. The Balaban J connectivity index is 1.42. The Kier molecular flexibility index (Phi) is 7.81. The van der Waals surface area contributed by atoms with E-state index >= 15 is 4.39 Å². The minimum atomic E-state index is -4.69. The number of hydrogen-bond acceptors (Lipinski definition) is 6. The van der Waals surface area contributed by atoms with E-state index in [1.54, 1.807) is 36.4 Å². The van der Waals surface area contributed by atoms with E-state index in [4.69, 9.17) is 16.3 Å². The normalized spacial score (nSPS) is 16.7. The van der Waals surface area contributed by atoms with E-state index in [1.165, 1.54) is 31.4 Å². The van der Waals surface area contributed by atoms with Crippen LogP contribution in [0.5, 0.6) is 0 Å². The molecule has 2 atom stereocenters. The largest absolute Gasteiger partial charge is 0.465 e. The molecule has 0 saturated heterocycles. The summed E-state index contributed by atoms with van der Waals surface area (Å²) in [5.74, 6) is -2.62. The summed E-state index contributed by atoms with van der Waals surface area (Å²) in [5, 5.41) is 1.23. The quantitative estimate of drug-likeness (QED) is 0.262. The number of aromatic nitrogens is 1. The Morgan fingerprint density at radius 1 is 1.10 bits per heavy atom. The zero-order valence-corrected chi connectivity index (χ0v) is 23.3. The van der Waals surface area contributed by atoms with Crippen molar-refractivity contribution in [1.29, 1.82) is 0 Å². The molecule has 0 saturated carbocycles. The number of aryl methyl sites for hydroxylation is 1. The van der Waals surface area contributed by atoms with Crippen LogP contribution in [0.2, 0.25) is 5.02 Å². The molecule has 0 bridgehead atoms. The number of sulfone groups is 1. The lowest BCUT2D eigenvalue weighted by molar-refractivity contribution is -0.127. The lowest BCUT2D eigenvalue weighted by Gasteiger charge is -2.34. The van der Waals surface area contributed by atoms with Gasteiger partial charge in [0.1, 0.15) is 0 Å². The van der Waals surface area contributed by atoms with Crippen molar-refractivity contribution >= 4 is 44.1 Å². The topological polar surface area (TPSA) is 105 Å². The molecule has 5 rings (SSSR count). The zero-order chi connectivity index (χ0) is 28.5. The molecule has 208 valence electrons. The smallest absolute Gasteiger partial charge is 0.337 e. The van der Waals surface area contributed by atoms with Crippen LogP contribution in [0, 0.1) is 5.92 Å².